The van der Waals surface area contributed by atoms with E-state index < -0.39 is 5.82 Å². The monoisotopic (exact) mass is 439 g/mol. The molecule has 1 aliphatic heterocycles. The Morgan fingerprint density at radius 3 is 2.55 bits per heavy atom. The lowest BCUT2D eigenvalue weighted by atomic mass is 10.1. The maximum atomic E-state index is 13.6. The lowest BCUT2D eigenvalue weighted by Gasteiger charge is -2.13. The highest BCUT2D eigenvalue weighted by Crippen LogP contribution is 2.33. The van der Waals surface area contributed by atoms with Gasteiger partial charge in [0.2, 0.25) is 11.8 Å². The number of methoxy groups -OCH3 is 1. The average Bonchev–Trinajstić information content (AvgIpc) is 3.36. The van der Waals surface area contributed by atoms with Crippen LogP contribution in [-0.4, -0.2) is 34.7 Å². The van der Waals surface area contributed by atoms with E-state index in [-0.39, 0.29) is 37.1 Å². The van der Waals surface area contributed by atoms with Gasteiger partial charge >= 0.3 is 0 Å². The zero-order chi connectivity index (χ0) is 22.0. The Hall–Kier alpha value is -3.59. The first-order valence-electron chi connectivity index (χ1n) is 9.47. The van der Waals surface area contributed by atoms with Crippen LogP contribution >= 0.6 is 11.3 Å². The van der Waals surface area contributed by atoms with Gasteiger partial charge in [-0.1, -0.05) is 12.1 Å². The first-order chi connectivity index (χ1) is 14.9. The van der Waals surface area contributed by atoms with Gasteiger partial charge in [0, 0.05) is 29.3 Å². The molecule has 1 fully saturated rings. The highest BCUT2D eigenvalue weighted by atomic mass is 32.1. The van der Waals surface area contributed by atoms with E-state index in [1.165, 1.54) is 41.5 Å². The summed E-state index contributed by atoms with van der Waals surface area (Å²) in [5.74, 6) is -0.642. The molecule has 0 spiro atoms. The molecular formula is C22H18FN3O4S. The molecule has 3 amide bonds. The standard InChI is InChI=1S/C22H18FN3O4S/c1-30-18-7-6-15(23)10-16(18)17-12-31-22(24-17)25-21(29)14-4-2-13(3-5-14)11-26-19(27)8-9-20(26)28/h2-7,10,12H,8-9,11H2,1H3,(H,24,25,29). The third-order valence-corrected chi connectivity index (χ3v) is 5.63. The van der Waals surface area contributed by atoms with Gasteiger partial charge < -0.3 is 4.74 Å². The summed E-state index contributed by atoms with van der Waals surface area (Å²) in [4.78, 5) is 41.6. The van der Waals surface area contributed by atoms with Gasteiger partial charge in [-0.05, 0) is 35.9 Å². The third-order valence-electron chi connectivity index (χ3n) is 4.87. The van der Waals surface area contributed by atoms with Crippen molar-refractivity contribution in [1.29, 1.82) is 0 Å². The van der Waals surface area contributed by atoms with Crippen molar-refractivity contribution >= 4 is 34.2 Å². The quantitative estimate of drug-likeness (QED) is 0.589. The maximum Gasteiger partial charge on any atom is 0.257 e. The van der Waals surface area contributed by atoms with Crippen LogP contribution in [0.3, 0.4) is 0 Å². The summed E-state index contributed by atoms with van der Waals surface area (Å²) in [5.41, 5.74) is 2.15. The Labute approximate surface area is 181 Å². The van der Waals surface area contributed by atoms with Crippen LogP contribution in [-0.2, 0) is 16.1 Å². The molecule has 2 heterocycles. The molecule has 3 aromatic rings. The van der Waals surface area contributed by atoms with Gasteiger partial charge in [0.15, 0.2) is 5.13 Å². The number of nitrogens with zero attached hydrogens (tertiary/aromatic N) is 2. The van der Waals surface area contributed by atoms with E-state index in [4.69, 9.17) is 4.74 Å². The zero-order valence-electron chi connectivity index (χ0n) is 16.6. The van der Waals surface area contributed by atoms with Crippen LogP contribution in [0.1, 0.15) is 28.8 Å². The van der Waals surface area contributed by atoms with E-state index in [2.05, 4.69) is 10.3 Å². The van der Waals surface area contributed by atoms with Crippen LogP contribution in [0.4, 0.5) is 9.52 Å². The number of benzene rings is 2. The number of imide groups is 1. The number of halogens is 1. The second-order valence-corrected chi connectivity index (χ2v) is 7.77. The molecule has 1 saturated heterocycles. The fourth-order valence-corrected chi connectivity index (χ4v) is 3.95. The number of anilines is 1. The van der Waals surface area contributed by atoms with Crippen LogP contribution in [0.5, 0.6) is 5.75 Å². The van der Waals surface area contributed by atoms with E-state index in [9.17, 15) is 18.8 Å². The lowest BCUT2D eigenvalue weighted by Crippen LogP contribution is -2.28. The maximum absolute atomic E-state index is 13.6. The van der Waals surface area contributed by atoms with Crippen molar-refractivity contribution < 1.29 is 23.5 Å². The first-order valence-corrected chi connectivity index (χ1v) is 10.4. The highest BCUT2D eigenvalue weighted by molar-refractivity contribution is 7.14. The molecule has 1 aliphatic rings. The molecule has 0 saturated carbocycles. The van der Waals surface area contributed by atoms with Crippen molar-refractivity contribution in [2.24, 2.45) is 0 Å². The molecule has 4 rings (SSSR count). The van der Waals surface area contributed by atoms with Gasteiger partial charge in [-0.25, -0.2) is 9.37 Å². The van der Waals surface area contributed by atoms with Gasteiger partial charge in [0.1, 0.15) is 11.6 Å². The van der Waals surface area contributed by atoms with Gasteiger partial charge in [-0.3, -0.25) is 24.6 Å². The largest absolute Gasteiger partial charge is 0.496 e. The normalized spacial score (nSPS) is 13.5. The van der Waals surface area contributed by atoms with Crippen molar-refractivity contribution in [2.75, 3.05) is 12.4 Å². The number of amides is 3. The Morgan fingerprint density at radius 1 is 1.16 bits per heavy atom. The average molecular weight is 439 g/mol. The number of carbonyl (C=O) groups excluding carboxylic acids is 3. The minimum Gasteiger partial charge on any atom is -0.496 e. The van der Waals surface area contributed by atoms with Crippen molar-refractivity contribution in [2.45, 2.75) is 19.4 Å². The summed E-state index contributed by atoms with van der Waals surface area (Å²) in [6, 6.07) is 10.8. The van der Waals surface area contributed by atoms with Gasteiger partial charge in [0.25, 0.3) is 5.91 Å². The third kappa shape index (κ3) is 4.46. The van der Waals surface area contributed by atoms with Crippen LogP contribution < -0.4 is 10.1 Å². The number of rotatable bonds is 6. The van der Waals surface area contributed by atoms with Crippen molar-refractivity contribution in [1.82, 2.24) is 9.88 Å². The van der Waals surface area contributed by atoms with E-state index in [1.54, 1.807) is 29.6 Å². The number of hydrogen-bond donors (Lipinski definition) is 1. The van der Waals surface area contributed by atoms with Gasteiger partial charge in [-0.15, -0.1) is 11.3 Å². The molecule has 0 unspecified atom stereocenters. The summed E-state index contributed by atoms with van der Waals surface area (Å²) >= 11 is 1.21. The molecule has 0 bridgehead atoms. The molecule has 0 radical (unpaired) electrons. The fourth-order valence-electron chi connectivity index (χ4n) is 3.25. The van der Waals surface area contributed by atoms with Crippen molar-refractivity contribution in [3.8, 4) is 17.0 Å². The summed E-state index contributed by atoms with van der Waals surface area (Å²) in [6.45, 7) is 0.199. The minimum absolute atomic E-state index is 0.179. The number of nitrogens with one attached hydrogen (secondary N) is 1. The molecular weight excluding hydrogens is 421 g/mol. The van der Waals surface area contributed by atoms with Crippen molar-refractivity contribution in [3.05, 3.63) is 64.8 Å². The van der Waals surface area contributed by atoms with E-state index in [1.807, 2.05) is 0 Å². The van der Waals surface area contributed by atoms with E-state index in [0.717, 1.165) is 5.56 Å². The number of thiazole rings is 1. The predicted molar refractivity (Wildman–Crippen MR) is 113 cm³/mol. The molecule has 2 aromatic carbocycles. The number of aromatic nitrogens is 1. The molecule has 0 aliphatic carbocycles. The Bertz CT molecular complexity index is 1140. The molecule has 1 N–H and O–H groups in total. The SMILES string of the molecule is COc1ccc(F)cc1-c1csc(NC(=O)c2ccc(CN3C(=O)CCC3=O)cc2)n1. The van der Waals surface area contributed by atoms with Crippen LogP contribution in [0.2, 0.25) is 0 Å². The fraction of sp³-hybridized carbons (Fsp3) is 0.182. The summed E-state index contributed by atoms with van der Waals surface area (Å²) in [7, 11) is 1.49. The predicted octanol–water partition coefficient (Wildman–Crippen LogP) is 3.86. The molecule has 158 valence electrons. The number of hydrogen-bond acceptors (Lipinski definition) is 6. The highest BCUT2D eigenvalue weighted by Gasteiger charge is 2.28. The van der Waals surface area contributed by atoms with E-state index >= 15 is 0 Å². The molecule has 9 heteroatoms. The minimum atomic E-state index is -0.410. The summed E-state index contributed by atoms with van der Waals surface area (Å²) < 4.78 is 18.9. The second kappa shape index (κ2) is 8.65. The summed E-state index contributed by atoms with van der Waals surface area (Å²) in [5, 5.41) is 4.80. The Morgan fingerprint density at radius 2 is 1.87 bits per heavy atom. The van der Waals surface area contributed by atoms with Gasteiger partial charge in [-0.2, -0.15) is 0 Å². The van der Waals surface area contributed by atoms with E-state index in [0.29, 0.717) is 27.7 Å². The molecule has 0 atom stereocenters. The molecule has 31 heavy (non-hydrogen) atoms. The summed E-state index contributed by atoms with van der Waals surface area (Å²) in [6.07, 6.45) is 0.493. The number of ether oxygens (including phenoxy) is 1. The smallest absolute Gasteiger partial charge is 0.257 e. The molecule has 1 aromatic heterocycles. The van der Waals surface area contributed by atoms with Crippen LogP contribution in [0, 0.1) is 5.82 Å². The van der Waals surface area contributed by atoms with Gasteiger partial charge in [0.05, 0.1) is 19.3 Å². The zero-order valence-corrected chi connectivity index (χ0v) is 17.4. The Kier molecular flexibility index (Phi) is 5.77. The first kappa shape index (κ1) is 20.7. The Balaban J connectivity index is 1.44. The number of carbonyl (C=O) groups is 3. The molecule has 7 nitrogen and oxygen atoms in total. The number of likely N-dealkylation sites (tertiary alicyclic amines) is 1. The topological polar surface area (TPSA) is 88.6 Å². The lowest BCUT2D eigenvalue weighted by molar-refractivity contribution is -0.139. The van der Waals surface area contributed by atoms with Crippen LogP contribution in [0.15, 0.2) is 47.8 Å². The second-order valence-electron chi connectivity index (χ2n) is 6.91. The van der Waals surface area contributed by atoms with Crippen molar-refractivity contribution in [3.63, 3.8) is 0 Å². The van der Waals surface area contributed by atoms with Crippen LogP contribution in [0.25, 0.3) is 11.3 Å².